The van der Waals surface area contributed by atoms with Crippen molar-refractivity contribution in [3.05, 3.63) is 52.6 Å². The Hall–Kier alpha value is -3.02. The fourth-order valence-corrected chi connectivity index (χ4v) is 3.28. The highest BCUT2D eigenvalue weighted by atomic mass is 16.5. The van der Waals surface area contributed by atoms with Crippen LogP contribution in [-0.4, -0.2) is 32.1 Å². The van der Waals surface area contributed by atoms with Gasteiger partial charge in [-0.2, -0.15) is 0 Å². The van der Waals surface area contributed by atoms with E-state index in [1.54, 1.807) is 18.2 Å². The molecular weight excluding hydrogens is 368 g/mol. The number of aryl methyl sites for hydroxylation is 3. The second-order valence-corrected chi connectivity index (χ2v) is 7.56. The summed E-state index contributed by atoms with van der Waals surface area (Å²) in [7, 11) is 3.04. The van der Waals surface area contributed by atoms with Gasteiger partial charge in [0.1, 0.15) is 17.5 Å². The number of ether oxygens (including phenoxy) is 2. The molecular formula is C23H30N2O4. The Morgan fingerprint density at radius 3 is 1.83 bits per heavy atom. The molecule has 0 spiro atoms. The largest absolute Gasteiger partial charge is 0.497 e. The number of methoxy groups -OCH3 is 2. The number of hydrogen-bond acceptors (Lipinski definition) is 4. The molecule has 2 aromatic carbocycles. The first kappa shape index (κ1) is 22.3. The first-order chi connectivity index (χ1) is 13.7. The van der Waals surface area contributed by atoms with Crippen LogP contribution in [0.15, 0.2) is 30.3 Å². The van der Waals surface area contributed by atoms with Crippen LogP contribution in [0.25, 0.3) is 0 Å². The molecule has 0 saturated carbocycles. The first-order valence-corrected chi connectivity index (χ1v) is 9.59. The van der Waals surface area contributed by atoms with Crippen molar-refractivity contribution in [1.82, 2.24) is 5.32 Å². The van der Waals surface area contributed by atoms with E-state index in [9.17, 15) is 9.59 Å². The third-order valence-electron chi connectivity index (χ3n) is 4.77. The minimum absolute atomic E-state index is 0.0995. The van der Waals surface area contributed by atoms with E-state index < -0.39 is 6.04 Å². The van der Waals surface area contributed by atoms with Gasteiger partial charge in [-0.15, -0.1) is 0 Å². The van der Waals surface area contributed by atoms with E-state index in [4.69, 9.17) is 9.47 Å². The zero-order valence-electron chi connectivity index (χ0n) is 18.2. The Bertz CT molecular complexity index is 860. The van der Waals surface area contributed by atoms with Crippen molar-refractivity contribution in [2.45, 2.75) is 40.7 Å². The molecule has 0 unspecified atom stereocenters. The maximum Gasteiger partial charge on any atom is 0.252 e. The Labute approximate surface area is 172 Å². The Kier molecular flexibility index (Phi) is 7.26. The molecule has 2 amide bonds. The van der Waals surface area contributed by atoms with Crippen LogP contribution in [0, 0.1) is 26.7 Å². The maximum absolute atomic E-state index is 13.0. The predicted octanol–water partition coefficient (Wildman–Crippen LogP) is 4.02. The van der Waals surface area contributed by atoms with Gasteiger partial charge in [0.05, 0.1) is 14.2 Å². The monoisotopic (exact) mass is 398 g/mol. The number of hydrogen-bond donors (Lipinski definition) is 2. The fraction of sp³-hybridized carbons (Fsp3) is 0.391. The van der Waals surface area contributed by atoms with Gasteiger partial charge in [0, 0.05) is 17.3 Å². The van der Waals surface area contributed by atoms with E-state index in [2.05, 4.69) is 10.6 Å². The summed E-state index contributed by atoms with van der Waals surface area (Å²) < 4.78 is 10.4. The predicted molar refractivity (Wildman–Crippen MR) is 115 cm³/mol. The lowest BCUT2D eigenvalue weighted by Crippen LogP contribution is -2.47. The highest BCUT2D eigenvalue weighted by Gasteiger charge is 2.26. The van der Waals surface area contributed by atoms with Crippen LogP contribution in [0.4, 0.5) is 5.69 Å². The molecule has 2 rings (SSSR count). The number of carbonyl (C=O) groups excluding carboxylic acids is 2. The van der Waals surface area contributed by atoms with Crippen molar-refractivity contribution in [2.75, 3.05) is 19.5 Å². The topological polar surface area (TPSA) is 76.7 Å². The Morgan fingerprint density at radius 1 is 0.862 bits per heavy atom. The zero-order valence-corrected chi connectivity index (χ0v) is 18.2. The molecule has 2 aromatic rings. The number of anilines is 1. The second kappa shape index (κ2) is 9.45. The molecule has 1 atom stereocenters. The SMILES string of the molecule is COc1cc(OC)cc(C(=O)N[C@H](C(=O)Nc2c(C)cc(C)cc2C)C(C)C)c1. The maximum atomic E-state index is 13.0. The van der Waals surface area contributed by atoms with Crippen LogP contribution < -0.4 is 20.1 Å². The summed E-state index contributed by atoms with van der Waals surface area (Å²) in [6.45, 7) is 9.73. The Morgan fingerprint density at radius 2 is 1.38 bits per heavy atom. The molecule has 0 aromatic heterocycles. The molecule has 0 saturated heterocycles. The van der Waals surface area contributed by atoms with E-state index in [0.29, 0.717) is 17.1 Å². The van der Waals surface area contributed by atoms with Crippen LogP contribution in [0.5, 0.6) is 11.5 Å². The molecule has 6 heteroatoms. The average molecular weight is 399 g/mol. The molecule has 156 valence electrons. The lowest BCUT2D eigenvalue weighted by atomic mass is 10.0. The summed E-state index contributed by atoms with van der Waals surface area (Å²) >= 11 is 0. The number of carbonyl (C=O) groups is 2. The summed E-state index contributed by atoms with van der Waals surface area (Å²) in [6, 6.07) is 8.26. The zero-order chi connectivity index (χ0) is 21.7. The van der Waals surface area contributed by atoms with Gasteiger partial charge in [-0.25, -0.2) is 0 Å². The second-order valence-electron chi connectivity index (χ2n) is 7.56. The van der Waals surface area contributed by atoms with E-state index in [1.807, 2.05) is 46.8 Å². The van der Waals surface area contributed by atoms with Crippen LogP contribution >= 0.6 is 0 Å². The summed E-state index contributed by atoms with van der Waals surface area (Å²) in [5.74, 6) is 0.293. The molecule has 0 bridgehead atoms. The third kappa shape index (κ3) is 5.50. The number of amides is 2. The van der Waals surface area contributed by atoms with E-state index in [1.165, 1.54) is 14.2 Å². The molecule has 2 N–H and O–H groups in total. The minimum atomic E-state index is -0.695. The van der Waals surface area contributed by atoms with Gasteiger partial charge >= 0.3 is 0 Å². The van der Waals surface area contributed by atoms with Gasteiger partial charge in [-0.05, 0) is 49.9 Å². The van der Waals surface area contributed by atoms with Crippen LogP contribution in [-0.2, 0) is 4.79 Å². The number of benzene rings is 2. The fourth-order valence-electron chi connectivity index (χ4n) is 3.28. The van der Waals surface area contributed by atoms with E-state index in [0.717, 1.165) is 22.4 Å². The van der Waals surface area contributed by atoms with Gasteiger partial charge in [0.15, 0.2) is 0 Å². The lowest BCUT2D eigenvalue weighted by molar-refractivity contribution is -0.118. The van der Waals surface area contributed by atoms with Gasteiger partial charge in [-0.1, -0.05) is 31.5 Å². The van der Waals surface area contributed by atoms with E-state index in [-0.39, 0.29) is 17.7 Å². The molecule has 0 radical (unpaired) electrons. The number of rotatable bonds is 7. The van der Waals surface area contributed by atoms with Gasteiger partial charge < -0.3 is 20.1 Å². The van der Waals surface area contributed by atoms with Crippen LogP contribution in [0.2, 0.25) is 0 Å². The third-order valence-corrected chi connectivity index (χ3v) is 4.77. The molecule has 0 aliphatic heterocycles. The van der Waals surface area contributed by atoms with Crippen molar-refractivity contribution < 1.29 is 19.1 Å². The molecule has 0 heterocycles. The molecule has 29 heavy (non-hydrogen) atoms. The van der Waals surface area contributed by atoms with Crippen molar-refractivity contribution in [3.63, 3.8) is 0 Å². The highest BCUT2D eigenvalue weighted by molar-refractivity contribution is 6.02. The van der Waals surface area contributed by atoms with Crippen LogP contribution in [0.1, 0.15) is 40.9 Å². The number of nitrogens with one attached hydrogen (secondary N) is 2. The standard InChI is InChI=1S/C23H30N2O4/c1-13(2)20(23(27)25-21-15(4)8-14(3)9-16(21)5)24-22(26)17-10-18(28-6)12-19(11-17)29-7/h8-13,20H,1-7H3,(H,24,26)(H,25,27)/t20-/m0/s1. The molecule has 0 fully saturated rings. The highest BCUT2D eigenvalue weighted by Crippen LogP contribution is 2.24. The van der Waals surface area contributed by atoms with Crippen molar-refractivity contribution in [1.29, 1.82) is 0 Å². The van der Waals surface area contributed by atoms with Crippen molar-refractivity contribution in [3.8, 4) is 11.5 Å². The Balaban J connectivity index is 2.24. The molecule has 0 aliphatic carbocycles. The normalized spacial score (nSPS) is 11.7. The lowest BCUT2D eigenvalue weighted by Gasteiger charge is -2.23. The van der Waals surface area contributed by atoms with Gasteiger partial charge in [0.25, 0.3) is 5.91 Å². The molecule has 0 aliphatic rings. The smallest absolute Gasteiger partial charge is 0.252 e. The van der Waals surface area contributed by atoms with Crippen molar-refractivity contribution >= 4 is 17.5 Å². The van der Waals surface area contributed by atoms with Crippen molar-refractivity contribution in [2.24, 2.45) is 5.92 Å². The summed E-state index contributed by atoms with van der Waals surface area (Å²) in [5, 5.41) is 5.83. The molecule has 6 nitrogen and oxygen atoms in total. The summed E-state index contributed by atoms with van der Waals surface area (Å²) in [5.41, 5.74) is 4.26. The summed E-state index contributed by atoms with van der Waals surface area (Å²) in [4.78, 5) is 25.8. The first-order valence-electron chi connectivity index (χ1n) is 9.59. The van der Waals surface area contributed by atoms with E-state index >= 15 is 0 Å². The quantitative estimate of drug-likeness (QED) is 0.738. The van der Waals surface area contributed by atoms with Crippen LogP contribution in [0.3, 0.4) is 0 Å². The average Bonchev–Trinajstić information content (AvgIpc) is 2.67. The van der Waals surface area contributed by atoms with Gasteiger partial charge in [0.2, 0.25) is 5.91 Å². The summed E-state index contributed by atoms with van der Waals surface area (Å²) in [6.07, 6.45) is 0. The van der Waals surface area contributed by atoms with Gasteiger partial charge in [-0.3, -0.25) is 9.59 Å². The minimum Gasteiger partial charge on any atom is -0.497 e.